The zero-order valence-electron chi connectivity index (χ0n) is 16.6. The number of aryl methyl sites for hydroxylation is 2. The first kappa shape index (κ1) is 18.8. The van der Waals surface area contributed by atoms with E-state index in [9.17, 15) is 9.59 Å². The van der Waals surface area contributed by atoms with Crippen molar-refractivity contribution in [3.8, 4) is 0 Å². The molecule has 0 radical (unpaired) electrons. The van der Waals surface area contributed by atoms with Gasteiger partial charge in [-0.1, -0.05) is 48.0 Å². The maximum absolute atomic E-state index is 13.1. The molecule has 0 aliphatic carbocycles. The minimum absolute atomic E-state index is 0.0755. The summed E-state index contributed by atoms with van der Waals surface area (Å²) >= 11 is 0. The van der Waals surface area contributed by atoms with Crippen molar-refractivity contribution in [3.05, 3.63) is 65.2 Å². The van der Waals surface area contributed by atoms with Crippen LogP contribution in [0.15, 0.2) is 48.5 Å². The van der Waals surface area contributed by atoms with Gasteiger partial charge >= 0.3 is 0 Å². The fraction of sp³-hybridized carbons (Fsp3) is 0.391. The van der Waals surface area contributed by atoms with Crippen LogP contribution in [-0.4, -0.2) is 53.8 Å². The molecule has 5 nitrogen and oxygen atoms in total. The van der Waals surface area contributed by atoms with Crippen molar-refractivity contribution >= 4 is 17.5 Å². The van der Waals surface area contributed by atoms with Crippen LogP contribution in [0.4, 0.5) is 5.69 Å². The lowest BCUT2D eigenvalue weighted by Gasteiger charge is -2.37. The van der Waals surface area contributed by atoms with Crippen molar-refractivity contribution in [1.29, 1.82) is 0 Å². The Bertz CT molecular complexity index is 873. The van der Waals surface area contributed by atoms with Crippen LogP contribution in [0.3, 0.4) is 0 Å². The number of benzene rings is 2. The minimum Gasteiger partial charge on any atom is -0.297 e. The van der Waals surface area contributed by atoms with E-state index in [1.807, 2.05) is 38.1 Å². The van der Waals surface area contributed by atoms with Crippen LogP contribution in [0.2, 0.25) is 0 Å². The smallest absolute Gasteiger partial charge is 0.251 e. The van der Waals surface area contributed by atoms with Crippen LogP contribution in [0.25, 0.3) is 0 Å². The van der Waals surface area contributed by atoms with Gasteiger partial charge in [0.1, 0.15) is 0 Å². The monoisotopic (exact) mass is 377 g/mol. The third-order valence-electron chi connectivity index (χ3n) is 5.81. The Hall–Kier alpha value is -2.50. The normalized spacial score (nSPS) is 21.5. The van der Waals surface area contributed by atoms with Gasteiger partial charge in [0, 0.05) is 32.7 Å². The second-order valence-electron chi connectivity index (χ2n) is 7.87. The van der Waals surface area contributed by atoms with Crippen molar-refractivity contribution in [2.45, 2.75) is 32.9 Å². The number of hydrogen-bond donors (Lipinski definition) is 0. The van der Waals surface area contributed by atoms with Crippen molar-refractivity contribution in [2.75, 3.05) is 31.1 Å². The van der Waals surface area contributed by atoms with Gasteiger partial charge in [-0.2, -0.15) is 0 Å². The third kappa shape index (κ3) is 3.73. The molecule has 146 valence electrons. The largest absolute Gasteiger partial charge is 0.297 e. The maximum Gasteiger partial charge on any atom is 0.251 e. The van der Waals surface area contributed by atoms with Crippen molar-refractivity contribution in [3.63, 3.8) is 0 Å². The summed E-state index contributed by atoms with van der Waals surface area (Å²) in [5, 5.41) is 0. The Balaban J connectivity index is 1.41. The molecule has 2 saturated heterocycles. The zero-order valence-corrected chi connectivity index (χ0v) is 16.6. The lowest BCUT2D eigenvalue weighted by Crippen LogP contribution is -2.52. The molecule has 2 aromatic carbocycles. The average molecular weight is 377 g/mol. The number of nitrogens with zero attached hydrogens (tertiary/aromatic N) is 3. The van der Waals surface area contributed by atoms with Gasteiger partial charge in [0.2, 0.25) is 5.91 Å². The summed E-state index contributed by atoms with van der Waals surface area (Å²) in [7, 11) is 0. The molecule has 1 unspecified atom stereocenters. The Kier molecular flexibility index (Phi) is 5.29. The van der Waals surface area contributed by atoms with E-state index < -0.39 is 0 Å². The molecule has 2 aliphatic heterocycles. The van der Waals surface area contributed by atoms with E-state index in [1.165, 1.54) is 10.5 Å². The van der Waals surface area contributed by atoms with Gasteiger partial charge in [-0.3, -0.25) is 19.4 Å². The van der Waals surface area contributed by atoms with Crippen molar-refractivity contribution in [2.24, 2.45) is 0 Å². The summed E-state index contributed by atoms with van der Waals surface area (Å²) in [5.74, 6) is -0.165. The van der Waals surface area contributed by atoms with Crippen LogP contribution in [0.1, 0.15) is 23.1 Å². The van der Waals surface area contributed by atoms with Crippen LogP contribution < -0.4 is 4.90 Å². The topological polar surface area (TPSA) is 43.9 Å². The molecule has 1 atom stereocenters. The predicted octanol–water partition coefficient (Wildman–Crippen LogP) is 2.75. The van der Waals surface area contributed by atoms with Crippen LogP contribution >= 0.6 is 0 Å². The number of carbonyl (C=O) groups is 2. The van der Waals surface area contributed by atoms with E-state index in [4.69, 9.17) is 0 Å². The van der Waals surface area contributed by atoms with Crippen LogP contribution in [0.5, 0.6) is 0 Å². The molecule has 0 N–H and O–H groups in total. The van der Waals surface area contributed by atoms with E-state index in [2.05, 4.69) is 34.1 Å². The first-order valence-corrected chi connectivity index (χ1v) is 9.97. The molecule has 2 fully saturated rings. The summed E-state index contributed by atoms with van der Waals surface area (Å²) in [6, 6.07) is 16.0. The van der Waals surface area contributed by atoms with Gasteiger partial charge in [-0.15, -0.1) is 0 Å². The summed E-state index contributed by atoms with van der Waals surface area (Å²) in [5.41, 5.74) is 4.14. The molecule has 28 heavy (non-hydrogen) atoms. The Morgan fingerprint density at radius 3 is 2.32 bits per heavy atom. The van der Waals surface area contributed by atoms with E-state index in [-0.39, 0.29) is 24.3 Å². The highest BCUT2D eigenvalue weighted by Crippen LogP contribution is 2.29. The number of rotatable bonds is 4. The molecule has 0 aromatic heterocycles. The van der Waals surface area contributed by atoms with Crippen molar-refractivity contribution < 1.29 is 9.59 Å². The van der Waals surface area contributed by atoms with E-state index >= 15 is 0 Å². The molecular weight excluding hydrogens is 350 g/mol. The minimum atomic E-state index is -0.327. The second kappa shape index (κ2) is 7.86. The lowest BCUT2D eigenvalue weighted by atomic mass is 10.1. The molecule has 2 heterocycles. The molecule has 2 aromatic rings. The molecule has 4 rings (SSSR count). The van der Waals surface area contributed by atoms with Gasteiger partial charge in [0.05, 0.1) is 18.2 Å². The Morgan fingerprint density at radius 2 is 1.64 bits per heavy atom. The Labute approximate surface area is 166 Å². The molecule has 2 amide bonds. The van der Waals surface area contributed by atoms with E-state index in [0.29, 0.717) is 0 Å². The SMILES string of the molecule is Cc1ccc(N2C(=O)CC(N3CCN(Cc4ccccc4)CC3)C2=O)c(C)c1. The van der Waals surface area contributed by atoms with E-state index in [1.54, 1.807) is 0 Å². The van der Waals surface area contributed by atoms with Gasteiger partial charge in [0.15, 0.2) is 0 Å². The highest BCUT2D eigenvalue weighted by molar-refractivity contribution is 6.22. The summed E-state index contributed by atoms with van der Waals surface area (Å²) in [4.78, 5) is 31.7. The van der Waals surface area contributed by atoms with Gasteiger partial charge in [0.25, 0.3) is 5.91 Å². The average Bonchev–Trinajstić information content (AvgIpc) is 2.98. The van der Waals surface area contributed by atoms with Gasteiger partial charge in [-0.25, -0.2) is 4.90 Å². The second-order valence-corrected chi connectivity index (χ2v) is 7.87. The summed E-state index contributed by atoms with van der Waals surface area (Å²) in [6.45, 7) is 8.36. The fourth-order valence-corrected chi connectivity index (χ4v) is 4.29. The fourth-order valence-electron chi connectivity index (χ4n) is 4.29. The summed E-state index contributed by atoms with van der Waals surface area (Å²) < 4.78 is 0. The maximum atomic E-state index is 13.1. The lowest BCUT2D eigenvalue weighted by molar-refractivity contribution is -0.123. The molecule has 0 saturated carbocycles. The van der Waals surface area contributed by atoms with Gasteiger partial charge in [-0.05, 0) is 31.0 Å². The van der Waals surface area contributed by atoms with Crippen molar-refractivity contribution in [1.82, 2.24) is 9.80 Å². The Morgan fingerprint density at radius 1 is 0.929 bits per heavy atom. The molecular formula is C23H27N3O2. The molecule has 0 bridgehead atoms. The van der Waals surface area contributed by atoms with Gasteiger partial charge < -0.3 is 0 Å². The highest BCUT2D eigenvalue weighted by atomic mass is 16.2. The van der Waals surface area contributed by atoms with E-state index in [0.717, 1.165) is 49.5 Å². The van der Waals surface area contributed by atoms with Crippen LogP contribution in [0, 0.1) is 13.8 Å². The quantitative estimate of drug-likeness (QED) is 0.769. The standard InChI is InChI=1S/C23H27N3O2/c1-17-8-9-20(18(2)14-17)26-22(27)15-21(23(26)28)25-12-10-24(11-13-25)16-19-6-4-3-5-7-19/h3-9,14,21H,10-13,15-16H2,1-2H3. The predicted molar refractivity (Wildman–Crippen MR) is 110 cm³/mol. The zero-order chi connectivity index (χ0) is 19.7. The first-order valence-electron chi connectivity index (χ1n) is 9.97. The number of piperazine rings is 1. The van der Waals surface area contributed by atoms with Crippen LogP contribution in [-0.2, 0) is 16.1 Å². The molecule has 0 spiro atoms. The third-order valence-corrected chi connectivity index (χ3v) is 5.81. The number of amides is 2. The number of hydrogen-bond acceptors (Lipinski definition) is 4. The summed E-state index contributed by atoms with van der Waals surface area (Å²) in [6.07, 6.45) is 0.283. The molecule has 2 aliphatic rings. The highest BCUT2D eigenvalue weighted by Gasteiger charge is 2.43. The first-order chi connectivity index (χ1) is 13.5. The number of imide groups is 1. The molecule has 5 heteroatoms. The number of anilines is 1. The number of carbonyl (C=O) groups excluding carboxylic acids is 2.